The summed E-state index contributed by atoms with van der Waals surface area (Å²) in [6.07, 6.45) is 3.83. The Morgan fingerprint density at radius 1 is 1.13 bits per heavy atom. The average Bonchev–Trinajstić information content (AvgIpc) is 3.30. The molecular weight excluding hydrogens is 502 g/mol. The number of nitrogens with zero attached hydrogens (tertiary/aromatic N) is 5. The minimum Gasteiger partial charge on any atom is -0.478 e. The molecule has 1 aliphatic heterocycles. The molecule has 0 spiro atoms. The first-order valence-electron chi connectivity index (χ1n) is 13.2. The van der Waals surface area contributed by atoms with Gasteiger partial charge in [-0.3, -0.25) is 9.20 Å². The zero-order valence-electron chi connectivity index (χ0n) is 22.3. The van der Waals surface area contributed by atoms with Crippen LogP contribution in [0.3, 0.4) is 0 Å². The molecule has 204 valence electrons. The lowest BCUT2D eigenvalue weighted by Crippen LogP contribution is -2.52. The molecule has 0 saturated carbocycles. The molecule has 4 aromatic rings. The molecular formula is C29H32F2N6O2. The molecule has 1 aliphatic rings. The molecule has 10 heteroatoms. The third-order valence-corrected chi connectivity index (χ3v) is 6.99. The first kappa shape index (κ1) is 26.4. The molecule has 0 unspecified atom stereocenters. The summed E-state index contributed by atoms with van der Waals surface area (Å²) in [5, 5.41) is 2.86. The average molecular weight is 535 g/mol. The zero-order valence-corrected chi connectivity index (χ0v) is 22.3. The second kappa shape index (κ2) is 11.3. The van der Waals surface area contributed by atoms with Crippen molar-refractivity contribution < 1.29 is 18.3 Å². The van der Waals surface area contributed by atoms with Crippen LogP contribution in [0.5, 0.6) is 5.88 Å². The normalized spacial score (nSPS) is 15.6. The first-order chi connectivity index (χ1) is 18.9. The van der Waals surface area contributed by atoms with Crippen molar-refractivity contribution >= 4 is 22.9 Å². The summed E-state index contributed by atoms with van der Waals surface area (Å²) in [7, 11) is 0. The number of aryl methyl sites for hydroxylation is 1. The van der Waals surface area contributed by atoms with E-state index in [2.05, 4.69) is 27.1 Å². The molecule has 0 bridgehead atoms. The van der Waals surface area contributed by atoms with Crippen molar-refractivity contribution in [2.75, 3.05) is 36.0 Å². The van der Waals surface area contributed by atoms with Gasteiger partial charge in [-0.25, -0.2) is 18.7 Å². The highest BCUT2D eigenvalue weighted by Crippen LogP contribution is 2.27. The maximum Gasteiger partial charge on any atom is 0.270 e. The summed E-state index contributed by atoms with van der Waals surface area (Å²) in [5.74, 6) is -0.485. The lowest BCUT2D eigenvalue weighted by molar-refractivity contribution is 0.0944. The zero-order chi connectivity index (χ0) is 27.5. The predicted molar refractivity (Wildman–Crippen MR) is 147 cm³/mol. The van der Waals surface area contributed by atoms with Crippen LogP contribution in [0.25, 0.3) is 5.65 Å². The van der Waals surface area contributed by atoms with Gasteiger partial charge in [0.25, 0.3) is 5.91 Å². The number of hydrogen-bond acceptors (Lipinski definition) is 6. The molecule has 39 heavy (non-hydrogen) atoms. The summed E-state index contributed by atoms with van der Waals surface area (Å²) in [4.78, 5) is 26.1. The van der Waals surface area contributed by atoms with Gasteiger partial charge < -0.3 is 19.9 Å². The third-order valence-electron chi connectivity index (χ3n) is 6.99. The topological polar surface area (TPSA) is 75.0 Å². The van der Waals surface area contributed by atoms with E-state index in [1.165, 1.54) is 24.4 Å². The number of hydrogen-bond donors (Lipinski definition) is 1. The number of fused-ring (bicyclic) bond motifs is 1. The SMILES string of the molecule is CCOc1ccc(N2CCN(c3ccc(CNC(=O)c4c(CC)nc5cc(F)ccn45)cc3F)C[C@@H]2C)cn1. The summed E-state index contributed by atoms with van der Waals surface area (Å²) < 4.78 is 35.8. The van der Waals surface area contributed by atoms with Crippen LogP contribution in [0.4, 0.5) is 20.2 Å². The molecule has 3 aromatic heterocycles. The molecule has 1 saturated heterocycles. The molecule has 0 radical (unpaired) electrons. The van der Waals surface area contributed by atoms with Crippen molar-refractivity contribution in [3.63, 3.8) is 0 Å². The van der Waals surface area contributed by atoms with E-state index in [-0.39, 0.29) is 24.3 Å². The largest absolute Gasteiger partial charge is 0.478 e. The van der Waals surface area contributed by atoms with Crippen LogP contribution in [0, 0.1) is 11.6 Å². The van der Waals surface area contributed by atoms with Gasteiger partial charge in [0, 0.05) is 50.6 Å². The highest BCUT2D eigenvalue weighted by atomic mass is 19.1. The van der Waals surface area contributed by atoms with Gasteiger partial charge in [-0.05, 0) is 50.1 Å². The highest BCUT2D eigenvalue weighted by Gasteiger charge is 2.26. The summed E-state index contributed by atoms with van der Waals surface area (Å²) in [5.41, 5.74) is 3.52. The van der Waals surface area contributed by atoms with Crippen molar-refractivity contribution in [3.8, 4) is 5.88 Å². The predicted octanol–water partition coefficient (Wildman–Crippen LogP) is 4.61. The van der Waals surface area contributed by atoms with Crippen molar-refractivity contribution in [1.82, 2.24) is 19.7 Å². The van der Waals surface area contributed by atoms with E-state index in [1.54, 1.807) is 10.5 Å². The summed E-state index contributed by atoms with van der Waals surface area (Å²) in [6.45, 7) is 8.71. The number of ether oxygens (including phenoxy) is 1. The number of amides is 1. The van der Waals surface area contributed by atoms with Gasteiger partial charge in [0.15, 0.2) is 0 Å². The third kappa shape index (κ3) is 5.50. The van der Waals surface area contributed by atoms with Gasteiger partial charge in [0.2, 0.25) is 5.88 Å². The second-order valence-electron chi connectivity index (χ2n) is 9.58. The highest BCUT2D eigenvalue weighted by molar-refractivity contribution is 5.94. The second-order valence-corrected chi connectivity index (χ2v) is 9.58. The van der Waals surface area contributed by atoms with E-state index in [9.17, 15) is 9.18 Å². The number of aromatic nitrogens is 3. The van der Waals surface area contributed by atoms with Crippen LogP contribution < -0.4 is 19.9 Å². The lowest BCUT2D eigenvalue weighted by Gasteiger charge is -2.42. The molecule has 8 nitrogen and oxygen atoms in total. The van der Waals surface area contributed by atoms with E-state index < -0.39 is 5.82 Å². The van der Waals surface area contributed by atoms with Gasteiger partial charge >= 0.3 is 0 Å². The minimum absolute atomic E-state index is 0.155. The Hall–Kier alpha value is -4.21. The maximum absolute atomic E-state index is 15.2. The molecule has 1 amide bonds. The van der Waals surface area contributed by atoms with Gasteiger partial charge in [-0.1, -0.05) is 13.0 Å². The Morgan fingerprint density at radius 2 is 1.97 bits per heavy atom. The number of carbonyl (C=O) groups is 1. The molecule has 4 heterocycles. The Labute approximate surface area is 226 Å². The molecule has 1 fully saturated rings. The van der Waals surface area contributed by atoms with Crippen LogP contribution in [0.1, 0.15) is 42.5 Å². The van der Waals surface area contributed by atoms with Crippen molar-refractivity contribution in [2.24, 2.45) is 0 Å². The summed E-state index contributed by atoms with van der Waals surface area (Å²) >= 11 is 0. The standard InChI is InChI=1S/C29H32F2N6O2/c1-4-24-28(37-11-10-21(30)15-26(37)34-24)29(38)33-16-20-6-8-25(23(31)14-20)35-12-13-36(19(3)18-35)22-7-9-27(32-17-22)39-5-2/h6-11,14-15,17,19H,4-5,12-13,16,18H2,1-3H3,(H,33,38)/t19-/m0/s1. The van der Waals surface area contributed by atoms with Gasteiger partial charge in [-0.15, -0.1) is 0 Å². The molecule has 1 atom stereocenters. The molecule has 1 N–H and O–H groups in total. The van der Waals surface area contributed by atoms with Crippen molar-refractivity contribution in [2.45, 2.75) is 39.8 Å². The van der Waals surface area contributed by atoms with E-state index in [4.69, 9.17) is 4.74 Å². The fraction of sp³-hybridized carbons (Fsp3) is 0.345. The van der Waals surface area contributed by atoms with Crippen LogP contribution in [-0.4, -0.2) is 52.6 Å². The van der Waals surface area contributed by atoms with Crippen LogP contribution >= 0.6 is 0 Å². The number of piperazine rings is 1. The van der Waals surface area contributed by atoms with Gasteiger partial charge in [-0.2, -0.15) is 0 Å². The summed E-state index contributed by atoms with van der Waals surface area (Å²) in [6, 6.07) is 11.7. The van der Waals surface area contributed by atoms with Crippen LogP contribution in [-0.2, 0) is 13.0 Å². The van der Waals surface area contributed by atoms with Gasteiger partial charge in [0.05, 0.1) is 29.9 Å². The van der Waals surface area contributed by atoms with Crippen molar-refractivity contribution in [1.29, 1.82) is 0 Å². The van der Waals surface area contributed by atoms with Crippen LogP contribution in [0.15, 0.2) is 54.9 Å². The molecule has 5 rings (SSSR count). The van der Waals surface area contributed by atoms with E-state index in [1.807, 2.05) is 43.1 Å². The number of benzene rings is 1. The quantitative estimate of drug-likeness (QED) is 0.356. The van der Waals surface area contributed by atoms with E-state index in [0.29, 0.717) is 60.3 Å². The molecule has 0 aliphatic carbocycles. The number of anilines is 2. The number of pyridine rings is 2. The smallest absolute Gasteiger partial charge is 0.270 e. The van der Waals surface area contributed by atoms with Crippen molar-refractivity contribution in [3.05, 3.63) is 83.4 Å². The fourth-order valence-corrected chi connectivity index (χ4v) is 5.07. The maximum atomic E-state index is 15.2. The number of carbonyl (C=O) groups excluding carboxylic acids is 1. The van der Waals surface area contributed by atoms with Crippen LogP contribution in [0.2, 0.25) is 0 Å². The number of imidazole rings is 1. The Morgan fingerprint density at radius 3 is 2.67 bits per heavy atom. The Bertz CT molecular complexity index is 1470. The Kier molecular flexibility index (Phi) is 7.63. The van der Waals surface area contributed by atoms with E-state index >= 15 is 4.39 Å². The number of rotatable bonds is 8. The monoisotopic (exact) mass is 534 g/mol. The van der Waals surface area contributed by atoms with Gasteiger partial charge in [0.1, 0.15) is 23.0 Å². The minimum atomic E-state index is -0.415. The van der Waals surface area contributed by atoms with E-state index in [0.717, 1.165) is 12.2 Å². The Balaban J connectivity index is 1.23. The fourth-order valence-electron chi connectivity index (χ4n) is 5.07. The number of halogens is 2. The molecule has 1 aromatic carbocycles. The lowest BCUT2D eigenvalue weighted by atomic mass is 10.1. The number of nitrogens with one attached hydrogen (secondary N) is 1. The first-order valence-corrected chi connectivity index (χ1v) is 13.2.